The van der Waals surface area contributed by atoms with Crippen molar-refractivity contribution in [2.45, 2.75) is 19.4 Å². The fourth-order valence-electron chi connectivity index (χ4n) is 2.16. The van der Waals surface area contributed by atoms with Crippen LogP contribution in [0.25, 0.3) is 0 Å². The number of nitrogens with zero attached hydrogens (tertiary/aromatic N) is 1. The number of rotatable bonds is 3. The van der Waals surface area contributed by atoms with Crippen LogP contribution in [-0.4, -0.2) is 43.3 Å². The molecule has 2 heterocycles. The second-order valence-corrected chi connectivity index (χ2v) is 7.26. The van der Waals surface area contributed by atoms with Gasteiger partial charge in [0, 0.05) is 12.6 Å². The Morgan fingerprint density at radius 1 is 1.56 bits per heavy atom. The smallest absolute Gasteiger partial charge is 0.289 e. The summed E-state index contributed by atoms with van der Waals surface area (Å²) in [6.45, 7) is 2.30. The number of carbonyl (C=O) groups is 1. The summed E-state index contributed by atoms with van der Waals surface area (Å²) in [5.74, 6) is 0.177. The molecule has 18 heavy (non-hydrogen) atoms. The Morgan fingerprint density at radius 3 is 2.72 bits per heavy atom. The molecule has 1 fully saturated rings. The summed E-state index contributed by atoms with van der Waals surface area (Å²) in [7, 11) is -2.99. The standard InChI is InChI=1S/C11H14BrNO4S/c1-2-13(8-5-6-18(15,16)7-8)11(14)9-3-4-10(12)17-9/h3-4,8H,2,5-7H2,1H3/t8-/m1/s1. The van der Waals surface area contributed by atoms with Crippen LogP contribution in [0.1, 0.15) is 23.9 Å². The zero-order valence-electron chi connectivity index (χ0n) is 9.93. The van der Waals surface area contributed by atoms with E-state index in [0.29, 0.717) is 17.6 Å². The maximum absolute atomic E-state index is 12.2. The van der Waals surface area contributed by atoms with Crippen LogP contribution in [0.2, 0.25) is 0 Å². The highest BCUT2D eigenvalue weighted by atomic mass is 79.9. The van der Waals surface area contributed by atoms with Crippen LogP contribution < -0.4 is 0 Å². The van der Waals surface area contributed by atoms with E-state index in [9.17, 15) is 13.2 Å². The van der Waals surface area contributed by atoms with Crippen molar-refractivity contribution in [2.75, 3.05) is 18.1 Å². The van der Waals surface area contributed by atoms with E-state index in [4.69, 9.17) is 4.42 Å². The summed E-state index contributed by atoms with van der Waals surface area (Å²) in [4.78, 5) is 13.8. The minimum Gasteiger partial charge on any atom is -0.444 e. The number of hydrogen-bond acceptors (Lipinski definition) is 4. The number of sulfone groups is 1. The zero-order valence-corrected chi connectivity index (χ0v) is 12.3. The second kappa shape index (κ2) is 5.05. The molecule has 0 radical (unpaired) electrons. The summed E-state index contributed by atoms with van der Waals surface area (Å²) in [5, 5.41) is 0. The van der Waals surface area contributed by atoms with Gasteiger partial charge in [-0.3, -0.25) is 4.79 Å². The van der Waals surface area contributed by atoms with Crippen molar-refractivity contribution in [3.8, 4) is 0 Å². The predicted molar refractivity (Wildman–Crippen MR) is 70.2 cm³/mol. The van der Waals surface area contributed by atoms with Gasteiger partial charge < -0.3 is 9.32 Å². The average molecular weight is 336 g/mol. The lowest BCUT2D eigenvalue weighted by molar-refractivity contribution is 0.0674. The van der Waals surface area contributed by atoms with E-state index in [1.807, 2.05) is 6.92 Å². The van der Waals surface area contributed by atoms with Crippen molar-refractivity contribution in [3.05, 3.63) is 22.6 Å². The summed E-state index contributed by atoms with van der Waals surface area (Å²) >= 11 is 3.14. The first-order valence-corrected chi connectivity index (χ1v) is 8.31. The van der Waals surface area contributed by atoms with Crippen LogP contribution in [0.4, 0.5) is 0 Å². The van der Waals surface area contributed by atoms with Gasteiger partial charge in [0.15, 0.2) is 20.3 Å². The number of halogens is 1. The van der Waals surface area contributed by atoms with Crippen molar-refractivity contribution < 1.29 is 17.6 Å². The Kier molecular flexibility index (Phi) is 3.82. The van der Waals surface area contributed by atoms with Crippen LogP contribution in [-0.2, 0) is 9.84 Å². The average Bonchev–Trinajstić information content (AvgIpc) is 2.86. The molecule has 0 bridgehead atoms. The maximum Gasteiger partial charge on any atom is 0.289 e. The molecular formula is C11H14BrNO4S. The molecule has 1 aromatic heterocycles. The topological polar surface area (TPSA) is 67.6 Å². The number of carbonyl (C=O) groups excluding carboxylic acids is 1. The van der Waals surface area contributed by atoms with E-state index >= 15 is 0 Å². The molecule has 100 valence electrons. The third kappa shape index (κ3) is 2.77. The van der Waals surface area contributed by atoms with Gasteiger partial charge in [-0.15, -0.1) is 0 Å². The molecule has 1 aromatic rings. The minimum atomic E-state index is -2.99. The summed E-state index contributed by atoms with van der Waals surface area (Å²) in [5.41, 5.74) is 0. The molecule has 5 nitrogen and oxygen atoms in total. The zero-order chi connectivity index (χ0) is 13.3. The van der Waals surface area contributed by atoms with Crippen LogP contribution in [0.5, 0.6) is 0 Å². The largest absolute Gasteiger partial charge is 0.444 e. The first-order valence-electron chi connectivity index (χ1n) is 5.69. The fraction of sp³-hybridized carbons (Fsp3) is 0.545. The molecule has 1 aliphatic heterocycles. The van der Waals surface area contributed by atoms with E-state index < -0.39 is 9.84 Å². The number of furan rings is 1. The van der Waals surface area contributed by atoms with Gasteiger partial charge in [0.05, 0.1) is 11.5 Å². The SMILES string of the molecule is CCN(C(=O)c1ccc(Br)o1)[C@@H]1CCS(=O)(=O)C1. The molecule has 1 aliphatic rings. The Bertz CT molecular complexity index is 551. The van der Waals surface area contributed by atoms with Crippen LogP contribution in [0.3, 0.4) is 0 Å². The van der Waals surface area contributed by atoms with Gasteiger partial charge in [-0.2, -0.15) is 0 Å². The fourth-order valence-corrected chi connectivity index (χ4v) is 4.20. The maximum atomic E-state index is 12.2. The Balaban J connectivity index is 2.17. The molecule has 1 atom stereocenters. The van der Waals surface area contributed by atoms with Crippen LogP contribution >= 0.6 is 15.9 Å². The molecular weight excluding hydrogens is 322 g/mol. The third-order valence-electron chi connectivity index (χ3n) is 3.03. The molecule has 2 rings (SSSR count). The molecule has 0 aromatic carbocycles. The lowest BCUT2D eigenvalue weighted by Crippen LogP contribution is -2.40. The van der Waals surface area contributed by atoms with E-state index in [2.05, 4.69) is 15.9 Å². The van der Waals surface area contributed by atoms with Gasteiger partial charge in [-0.05, 0) is 41.4 Å². The third-order valence-corrected chi connectivity index (χ3v) is 5.21. The number of amides is 1. The van der Waals surface area contributed by atoms with Crippen LogP contribution in [0, 0.1) is 0 Å². The van der Waals surface area contributed by atoms with Crippen molar-refractivity contribution in [3.63, 3.8) is 0 Å². The monoisotopic (exact) mass is 335 g/mol. The normalized spacial score (nSPS) is 22.0. The first-order chi connectivity index (χ1) is 8.43. The highest BCUT2D eigenvalue weighted by Gasteiger charge is 2.34. The van der Waals surface area contributed by atoms with Crippen molar-refractivity contribution >= 4 is 31.7 Å². The van der Waals surface area contributed by atoms with Gasteiger partial charge in [0.2, 0.25) is 0 Å². The molecule has 0 aliphatic carbocycles. The van der Waals surface area contributed by atoms with Crippen molar-refractivity contribution in [2.24, 2.45) is 0 Å². The first kappa shape index (κ1) is 13.6. The van der Waals surface area contributed by atoms with E-state index in [1.54, 1.807) is 17.0 Å². The second-order valence-electron chi connectivity index (χ2n) is 4.25. The molecule has 0 unspecified atom stereocenters. The van der Waals surface area contributed by atoms with E-state index in [1.165, 1.54) is 0 Å². The van der Waals surface area contributed by atoms with Crippen molar-refractivity contribution in [1.29, 1.82) is 0 Å². The Labute approximate surface area is 114 Å². The molecule has 7 heteroatoms. The highest BCUT2D eigenvalue weighted by molar-refractivity contribution is 9.10. The number of hydrogen-bond donors (Lipinski definition) is 0. The summed E-state index contributed by atoms with van der Waals surface area (Å²) in [6.07, 6.45) is 0.504. The quantitative estimate of drug-likeness (QED) is 0.842. The summed E-state index contributed by atoms with van der Waals surface area (Å²) < 4.78 is 28.6. The van der Waals surface area contributed by atoms with Crippen LogP contribution in [0.15, 0.2) is 21.2 Å². The van der Waals surface area contributed by atoms with Gasteiger partial charge in [-0.1, -0.05) is 0 Å². The molecule has 1 saturated heterocycles. The summed E-state index contributed by atoms with van der Waals surface area (Å²) in [6, 6.07) is 2.99. The Morgan fingerprint density at radius 2 is 2.28 bits per heavy atom. The van der Waals surface area contributed by atoms with Gasteiger partial charge in [-0.25, -0.2) is 8.42 Å². The minimum absolute atomic E-state index is 0.0501. The van der Waals surface area contributed by atoms with Gasteiger partial charge in [0.25, 0.3) is 5.91 Å². The molecule has 1 amide bonds. The lowest BCUT2D eigenvalue weighted by Gasteiger charge is -2.25. The lowest BCUT2D eigenvalue weighted by atomic mass is 10.2. The molecule has 0 N–H and O–H groups in total. The van der Waals surface area contributed by atoms with Gasteiger partial charge in [0.1, 0.15) is 0 Å². The Hall–Kier alpha value is -0.820. The van der Waals surface area contributed by atoms with E-state index in [0.717, 1.165) is 0 Å². The van der Waals surface area contributed by atoms with E-state index in [-0.39, 0.29) is 29.2 Å². The van der Waals surface area contributed by atoms with Gasteiger partial charge >= 0.3 is 0 Å². The van der Waals surface area contributed by atoms with Crippen molar-refractivity contribution in [1.82, 2.24) is 4.90 Å². The highest BCUT2D eigenvalue weighted by Crippen LogP contribution is 2.21. The predicted octanol–water partition coefficient (Wildman–Crippen LogP) is 1.69. The molecule has 0 spiro atoms. The molecule has 0 saturated carbocycles.